The van der Waals surface area contributed by atoms with Gasteiger partial charge >= 0.3 is 0 Å². The summed E-state index contributed by atoms with van der Waals surface area (Å²) in [5.41, 5.74) is 0.839. The van der Waals surface area contributed by atoms with Crippen molar-refractivity contribution in [3.8, 4) is 0 Å². The van der Waals surface area contributed by atoms with Crippen molar-refractivity contribution < 1.29 is 4.79 Å². The summed E-state index contributed by atoms with van der Waals surface area (Å²) in [5.74, 6) is 0.0744. The van der Waals surface area contributed by atoms with E-state index in [0.717, 1.165) is 71.0 Å². The molecule has 2 rings (SSSR count). The van der Waals surface area contributed by atoms with E-state index in [2.05, 4.69) is 52.1 Å². The molecule has 1 N–H and O–H groups in total. The standard InChI is InChI=1S/C16H31N5O/c1-4-5-17-16(22)15(21-12-8-19(3)9-13-21)14-20-10-6-18(2)7-11-20/h14H,4-13H2,1-3H3,(H,17,22). The first-order valence-corrected chi connectivity index (χ1v) is 8.46. The van der Waals surface area contributed by atoms with Crippen LogP contribution in [0.5, 0.6) is 0 Å². The monoisotopic (exact) mass is 309 g/mol. The maximum absolute atomic E-state index is 12.5. The number of likely N-dealkylation sites (N-methyl/N-ethyl adjacent to an activating group) is 2. The van der Waals surface area contributed by atoms with Gasteiger partial charge in [0.05, 0.1) is 0 Å². The molecule has 2 saturated heterocycles. The molecule has 22 heavy (non-hydrogen) atoms. The normalized spacial score (nSPS) is 22.0. The first-order valence-electron chi connectivity index (χ1n) is 8.46. The van der Waals surface area contributed by atoms with Gasteiger partial charge in [-0.05, 0) is 20.5 Å². The summed E-state index contributed by atoms with van der Waals surface area (Å²) in [6.45, 7) is 10.8. The van der Waals surface area contributed by atoms with E-state index < -0.39 is 0 Å². The van der Waals surface area contributed by atoms with E-state index >= 15 is 0 Å². The van der Waals surface area contributed by atoms with Gasteiger partial charge in [0, 0.05) is 65.1 Å². The lowest BCUT2D eigenvalue weighted by Crippen LogP contribution is -2.48. The second-order valence-corrected chi connectivity index (χ2v) is 6.40. The number of carbonyl (C=O) groups is 1. The number of nitrogens with one attached hydrogen (secondary N) is 1. The van der Waals surface area contributed by atoms with E-state index in [-0.39, 0.29) is 5.91 Å². The number of carbonyl (C=O) groups excluding carboxylic acids is 1. The van der Waals surface area contributed by atoms with Crippen molar-refractivity contribution in [2.45, 2.75) is 13.3 Å². The number of hydrogen-bond donors (Lipinski definition) is 1. The van der Waals surface area contributed by atoms with Gasteiger partial charge in [-0.3, -0.25) is 4.79 Å². The van der Waals surface area contributed by atoms with Crippen LogP contribution in [0.15, 0.2) is 11.9 Å². The highest BCUT2D eigenvalue weighted by atomic mass is 16.2. The third-order valence-electron chi connectivity index (χ3n) is 4.45. The van der Waals surface area contributed by atoms with Crippen LogP contribution in [0.4, 0.5) is 0 Å². The average Bonchev–Trinajstić information content (AvgIpc) is 2.53. The van der Waals surface area contributed by atoms with Crippen LogP contribution in [0, 0.1) is 0 Å². The Kier molecular flexibility index (Phi) is 6.51. The van der Waals surface area contributed by atoms with Gasteiger partial charge in [0.15, 0.2) is 0 Å². The summed E-state index contributed by atoms with van der Waals surface area (Å²) < 4.78 is 0. The maximum atomic E-state index is 12.5. The number of hydrogen-bond acceptors (Lipinski definition) is 5. The van der Waals surface area contributed by atoms with Gasteiger partial charge < -0.3 is 24.9 Å². The quantitative estimate of drug-likeness (QED) is 0.716. The van der Waals surface area contributed by atoms with Gasteiger partial charge in [0.25, 0.3) is 5.91 Å². The van der Waals surface area contributed by atoms with Crippen LogP contribution in [0.3, 0.4) is 0 Å². The fourth-order valence-electron chi connectivity index (χ4n) is 2.78. The van der Waals surface area contributed by atoms with Gasteiger partial charge in [0.2, 0.25) is 0 Å². The number of amides is 1. The third kappa shape index (κ3) is 4.88. The molecule has 0 aromatic heterocycles. The van der Waals surface area contributed by atoms with Crippen molar-refractivity contribution in [1.29, 1.82) is 0 Å². The molecule has 2 aliphatic heterocycles. The van der Waals surface area contributed by atoms with E-state index in [4.69, 9.17) is 0 Å². The molecule has 126 valence electrons. The molecule has 0 aromatic carbocycles. The van der Waals surface area contributed by atoms with Crippen LogP contribution in [-0.2, 0) is 4.79 Å². The molecule has 0 bridgehead atoms. The van der Waals surface area contributed by atoms with Crippen molar-refractivity contribution in [3.05, 3.63) is 11.9 Å². The topological polar surface area (TPSA) is 42.1 Å². The van der Waals surface area contributed by atoms with E-state index in [1.165, 1.54) is 0 Å². The largest absolute Gasteiger partial charge is 0.373 e. The molecule has 0 radical (unpaired) electrons. The van der Waals surface area contributed by atoms with Gasteiger partial charge in [-0.25, -0.2) is 0 Å². The molecule has 6 heteroatoms. The highest BCUT2D eigenvalue weighted by Gasteiger charge is 2.23. The van der Waals surface area contributed by atoms with Crippen LogP contribution in [0.25, 0.3) is 0 Å². The van der Waals surface area contributed by atoms with Crippen molar-refractivity contribution in [1.82, 2.24) is 24.9 Å². The van der Waals surface area contributed by atoms with E-state index in [0.29, 0.717) is 0 Å². The van der Waals surface area contributed by atoms with E-state index in [1.54, 1.807) is 0 Å². The number of nitrogens with zero attached hydrogens (tertiary/aromatic N) is 4. The molecule has 0 spiro atoms. The summed E-state index contributed by atoms with van der Waals surface area (Å²) in [7, 11) is 4.29. The molecule has 2 aliphatic rings. The Morgan fingerprint density at radius 2 is 1.50 bits per heavy atom. The molecule has 0 aliphatic carbocycles. The van der Waals surface area contributed by atoms with Gasteiger partial charge in [-0.15, -0.1) is 0 Å². The van der Waals surface area contributed by atoms with Crippen LogP contribution in [0.2, 0.25) is 0 Å². The second kappa shape index (κ2) is 8.39. The lowest BCUT2D eigenvalue weighted by atomic mass is 10.2. The smallest absolute Gasteiger partial charge is 0.269 e. The summed E-state index contributed by atoms with van der Waals surface area (Å²) in [5, 5.41) is 3.04. The zero-order valence-corrected chi connectivity index (χ0v) is 14.3. The first kappa shape index (κ1) is 17.1. The van der Waals surface area contributed by atoms with E-state index in [9.17, 15) is 4.79 Å². The minimum atomic E-state index is 0.0744. The average molecular weight is 309 g/mol. The van der Waals surface area contributed by atoms with Crippen LogP contribution in [-0.4, -0.2) is 98.5 Å². The lowest BCUT2D eigenvalue weighted by molar-refractivity contribution is -0.119. The van der Waals surface area contributed by atoms with E-state index in [1.807, 2.05) is 0 Å². The van der Waals surface area contributed by atoms with Gasteiger partial charge in [-0.1, -0.05) is 6.92 Å². The van der Waals surface area contributed by atoms with Crippen molar-refractivity contribution in [3.63, 3.8) is 0 Å². The Balaban J connectivity index is 2.05. The summed E-state index contributed by atoms with van der Waals surface area (Å²) in [6, 6.07) is 0. The summed E-state index contributed by atoms with van der Waals surface area (Å²) in [4.78, 5) is 21.7. The third-order valence-corrected chi connectivity index (χ3v) is 4.45. The zero-order valence-electron chi connectivity index (χ0n) is 14.3. The van der Waals surface area contributed by atoms with Crippen LogP contribution in [0.1, 0.15) is 13.3 Å². The number of piperazine rings is 2. The Bertz CT molecular complexity index is 382. The molecule has 0 unspecified atom stereocenters. The SMILES string of the molecule is CCCNC(=O)C(=CN1CCN(C)CC1)N1CCN(C)CC1. The molecule has 1 amide bonds. The lowest BCUT2D eigenvalue weighted by Gasteiger charge is -2.37. The Morgan fingerprint density at radius 3 is 2.05 bits per heavy atom. The van der Waals surface area contributed by atoms with Crippen molar-refractivity contribution in [2.75, 3.05) is 73.0 Å². The molecule has 2 heterocycles. The molecular formula is C16H31N5O. The second-order valence-electron chi connectivity index (χ2n) is 6.40. The Morgan fingerprint density at radius 1 is 0.955 bits per heavy atom. The maximum Gasteiger partial charge on any atom is 0.269 e. The van der Waals surface area contributed by atoms with Crippen LogP contribution < -0.4 is 5.32 Å². The number of rotatable bonds is 5. The summed E-state index contributed by atoms with van der Waals surface area (Å²) >= 11 is 0. The molecule has 0 atom stereocenters. The summed E-state index contributed by atoms with van der Waals surface area (Å²) in [6.07, 6.45) is 3.06. The van der Waals surface area contributed by atoms with Crippen molar-refractivity contribution >= 4 is 5.91 Å². The molecule has 0 saturated carbocycles. The Labute approximate surface area is 134 Å². The molecule has 6 nitrogen and oxygen atoms in total. The predicted molar refractivity (Wildman–Crippen MR) is 89.5 cm³/mol. The zero-order chi connectivity index (χ0) is 15.9. The molecule has 0 aromatic rings. The fraction of sp³-hybridized carbons (Fsp3) is 0.812. The van der Waals surface area contributed by atoms with Gasteiger partial charge in [-0.2, -0.15) is 0 Å². The minimum absolute atomic E-state index is 0.0744. The first-order chi connectivity index (χ1) is 10.6. The van der Waals surface area contributed by atoms with Crippen molar-refractivity contribution in [2.24, 2.45) is 0 Å². The molecular weight excluding hydrogens is 278 g/mol. The fourth-order valence-corrected chi connectivity index (χ4v) is 2.78. The minimum Gasteiger partial charge on any atom is -0.373 e. The highest BCUT2D eigenvalue weighted by Crippen LogP contribution is 2.12. The predicted octanol–water partition coefficient (Wildman–Crippen LogP) is -0.151. The molecule has 2 fully saturated rings. The van der Waals surface area contributed by atoms with Gasteiger partial charge in [0.1, 0.15) is 5.70 Å². The highest BCUT2D eigenvalue weighted by molar-refractivity contribution is 5.92. The Hall–Kier alpha value is -1.27. The van der Waals surface area contributed by atoms with Crippen LogP contribution >= 0.6 is 0 Å².